The lowest BCUT2D eigenvalue weighted by molar-refractivity contribution is -0.121. The molecule has 0 unspecified atom stereocenters. The van der Waals surface area contributed by atoms with Crippen molar-refractivity contribution in [3.05, 3.63) is 35.9 Å². The molecule has 138 valence electrons. The molecule has 1 aromatic rings. The molecule has 0 aromatic heterocycles. The summed E-state index contributed by atoms with van der Waals surface area (Å²) in [5.41, 5.74) is 1.49. The first kappa shape index (κ1) is 19.3. The van der Waals surface area contributed by atoms with E-state index in [0.717, 1.165) is 24.5 Å². The second-order valence-electron chi connectivity index (χ2n) is 6.47. The number of hydrogen-bond donors (Lipinski definition) is 1. The molecule has 25 heavy (non-hydrogen) atoms. The monoisotopic (exact) mass is 346 g/mol. The highest BCUT2D eigenvalue weighted by atomic mass is 16.5. The number of benzene rings is 1. The minimum absolute atomic E-state index is 0.0726. The summed E-state index contributed by atoms with van der Waals surface area (Å²) in [7, 11) is 3.57. The van der Waals surface area contributed by atoms with Crippen LogP contribution in [-0.4, -0.2) is 51.2 Å². The largest absolute Gasteiger partial charge is 0.497 e. The van der Waals surface area contributed by atoms with Crippen LogP contribution in [0, 0.1) is 0 Å². The van der Waals surface area contributed by atoms with Crippen molar-refractivity contribution in [2.45, 2.75) is 32.1 Å². The maximum absolute atomic E-state index is 12.0. The molecule has 2 rings (SSSR count). The van der Waals surface area contributed by atoms with E-state index in [2.05, 4.69) is 11.4 Å². The Hall–Kier alpha value is -2.01. The van der Waals surface area contributed by atoms with Gasteiger partial charge in [0, 0.05) is 13.1 Å². The second kappa shape index (κ2) is 10.8. The number of methoxy groups -OCH3 is 1. The Morgan fingerprint density at radius 2 is 1.96 bits per heavy atom. The van der Waals surface area contributed by atoms with Crippen LogP contribution >= 0.6 is 0 Å². The summed E-state index contributed by atoms with van der Waals surface area (Å²) >= 11 is 0. The van der Waals surface area contributed by atoms with Gasteiger partial charge in [-0.15, -0.1) is 0 Å². The number of allylic oxidation sites excluding steroid dienone is 1. The number of rotatable bonds is 10. The van der Waals surface area contributed by atoms with Gasteiger partial charge in [0.2, 0.25) is 5.91 Å². The number of nitrogens with one attached hydrogen (secondary N) is 1. The lowest BCUT2D eigenvalue weighted by Crippen LogP contribution is -2.37. The Bertz CT molecular complexity index is 555. The van der Waals surface area contributed by atoms with E-state index in [9.17, 15) is 4.79 Å². The van der Waals surface area contributed by atoms with Crippen LogP contribution in [0.15, 0.2) is 35.9 Å². The number of carbonyl (C=O) groups is 1. The van der Waals surface area contributed by atoms with Gasteiger partial charge in [-0.1, -0.05) is 11.6 Å². The first-order valence-electron chi connectivity index (χ1n) is 9.07. The lowest BCUT2D eigenvalue weighted by atomic mass is 9.97. The van der Waals surface area contributed by atoms with Gasteiger partial charge in [-0.05, 0) is 63.4 Å². The van der Waals surface area contributed by atoms with Crippen molar-refractivity contribution in [3.8, 4) is 11.5 Å². The summed E-state index contributed by atoms with van der Waals surface area (Å²) in [4.78, 5) is 13.9. The summed E-state index contributed by atoms with van der Waals surface area (Å²) in [6, 6.07) is 7.50. The zero-order chi connectivity index (χ0) is 17.9. The molecule has 0 atom stereocenters. The molecule has 1 aliphatic rings. The molecular weight excluding hydrogens is 316 g/mol. The highest BCUT2D eigenvalue weighted by molar-refractivity contribution is 5.77. The third-order valence-electron chi connectivity index (χ3n) is 4.37. The Morgan fingerprint density at radius 3 is 2.64 bits per heavy atom. The Kier molecular flexibility index (Phi) is 8.32. The highest BCUT2D eigenvalue weighted by Gasteiger charge is 2.08. The van der Waals surface area contributed by atoms with E-state index < -0.39 is 0 Å². The first-order valence-corrected chi connectivity index (χ1v) is 9.07. The van der Waals surface area contributed by atoms with E-state index in [1.807, 2.05) is 36.2 Å². The number of carbonyl (C=O) groups excluding carboxylic acids is 1. The summed E-state index contributed by atoms with van der Waals surface area (Å²) < 4.78 is 10.8. The van der Waals surface area contributed by atoms with Crippen LogP contribution in [0.25, 0.3) is 0 Å². The summed E-state index contributed by atoms with van der Waals surface area (Å²) in [6.45, 7) is 2.37. The molecule has 1 N–H and O–H groups in total. The van der Waals surface area contributed by atoms with Crippen molar-refractivity contribution in [1.29, 1.82) is 0 Å². The third-order valence-corrected chi connectivity index (χ3v) is 4.37. The molecule has 0 radical (unpaired) electrons. The molecule has 0 fully saturated rings. The molecule has 1 aliphatic carbocycles. The normalized spacial score (nSPS) is 14.1. The van der Waals surface area contributed by atoms with Crippen LogP contribution in [0.5, 0.6) is 11.5 Å². The fourth-order valence-electron chi connectivity index (χ4n) is 2.87. The summed E-state index contributed by atoms with van der Waals surface area (Å²) in [5.74, 6) is 1.69. The first-order chi connectivity index (χ1) is 12.2. The SMILES string of the molecule is COc1ccc(OCCN(C)CC(=O)NCCC2=CCCCC2)cc1. The van der Waals surface area contributed by atoms with Gasteiger partial charge in [0.1, 0.15) is 18.1 Å². The van der Waals surface area contributed by atoms with E-state index in [4.69, 9.17) is 9.47 Å². The Balaban J connectivity index is 1.56. The predicted molar refractivity (Wildman–Crippen MR) is 100 cm³/mol. The van der Waals surface area contributed by atoms with Crippen molar-refractivity contribution in [3.63, 3.8) is 0 Å². The standard InChI is InChI=1S/C20H30N2O3/c1-22(14-15-25-19-10-8-18(24-2)9-11-19)16-20(23)21-13-12-17-6-4-3-5-7-17/h6,8-11H,3-5,7,12-16H2,1-2H3,(H,21,23). The summed E-state index contributed by atoms with van der Waals surface area (Å²) in [6.07, 6.45) is 8.29. The minimum atomic E-state index is 0.0726. The van der Waals surface area contributed by atoms with Crippen LogP contribution in [0.4, 0.5) is 0 Å². The number of hydrogen-bond acceptors (Lipinski definition) is 4. The molecule has 0 saturated heterocycles. The molecule has 0 spiro atoms. The van der Waals surface area contributed by atoms with Crippen LogP contribution in [0.2, 0.25) is 0 Å². The van der Waals surface area contributed by atoms with Gasteiger partial charge in [-0.25, -0.2) is 0 Å². The molecule has 5 nitrogen and oxygen atoms in total. The lowest BCUT2D eigenvalue weighted by Gasteiger charge is -2.17. The molecule has 0 bridgehead atoms. The van der Waals surface area contributed by atoms with Crippen molar-refractivity contribution < 1.29 is 14.3 Å². The van der Waals surface area contributed by atoms with Crippen molar-refractivity contribution in [2.24, 2.45) is 0 Å². The van der Waals surface area contributed by atoms with Gasteiger partial charge in [0.25, 0.3) is 0 Å². The van der Waals surface area contributed by atoms with E-state index in [-0.39, 0.29) is 5.91 Å². The van der Waals surface area contributed by atoms with Crippen LogP contribution in [0.3, 0.4) is 0 Å². The smallest absolute Gasteiger partial charge is 0.234 e. The van der Waals surface area contributed by atoms with Crippen molar-refractivity contribution in [2.75, 3.05) is 40.4 Å². The Labute approximate surface area is 151 Å². The van der Waals surface area contributed by atoms with E-state index in [0.29, 0.717) is 19.7 Å². The molecule has 1 amide bonds. The van der Waals surface area contributed by atoms with Crippen LogP contribution < -0.4 is 14.8 Å². The highest BCUT2D eigenvalue weighted by Crippen LogP contribution is 2.19. The Morgan fingerprint density at radius 1 is 1.20 bits per heavy atom. The molecule has 1 aromatic carbocycles. The quantitative estimate of drug-likeness (QED) is 0.662. The molecule has 0 aliphatic heterocycles. The number of nitrogens with zero attached hydrogens (tertiary/aromatic N) is 1. The van der Waals surface area contributed by atoms with Crippen molar-refractivity contribution in [1.82, 2.24) is 10.2 Å². The van der Waals surface area contributed by atoms with E-state index in [1.54, 1.807) is 7.11 Å². The molecule has 5 heteroatoms. The molecule has 0 heterocycles. The predicted octanol–water partition coefficient (Wildman–Crippen LogP) is 3.01. The number of ether oxygens (including phenoxy) is 2. The van der Waals surface area contributed by atoms with Crippen LogP contribution in [-0.2, 0) is 4.79 Å². The number of amides is 1. The number of likely N-dealkylation sites (N-methyl/N-ethyl adjacent to an activating group) is 1. The second-order valence-corrected chi connectivity index (χ2v) is 6.47. The summed E-state index contributed by atoms with van der Waals surface area (Å²) in [5, 5.41) is 3.01. The van der Waals surface area contributed by atoms with Gasteiger partial charge in [0.15, 0.2) is 0 Å². The van der Waals surface area contributed by atoms with Gasteiger partial charge < -0.3 is 14.8 Å². The van der Waals surface area contributed by atoms with E-state index >= 15 is 0 Å². The zero-order valence-corrected chi connectivity index (χ0v) is 15.4. The minimum Gasteiger partial charge on any atom is -0.497 e. The van der Waals surface area contributed by atoms with Crippen molar-refractivity contribution >= 4 is 5.91 Å². The average molecular weight is 346 g/mol. The topological polar surface area (TPSA) is 50.8 Å². The van der Waals surface area contributed by atoms with Crippen LogP contribution in [0.1, 0.15) is 32.1 Å². The fourth-order valence-corrected chi connectivity index (χ4v) is 2.87. The molecule has 0 saturated carbocycles. The average Bonchev–Trinajstić information content (AvgIpc) is 2.63. The maximum atomic E-state index is 12.0. The van der Waals surface area contributed by atoms with Gasteiger partial charge in [0.05, 0.1) is 13.7 Å². The fraction of sp³-hybridized carbons (Fsp3) is 0.550. The van der Waals surface area contributed by atoms with E-state index in [1.165, 1.54) is 31.3 Å². The maximum Gasteiger partial charge on any atom is 0.234 e. The third kappa shape index (κ3) is 7.61. The zero-order valence-electron chi connectivity index (χ0n) is 15.4. The van der Waals surface area contributed by atoms with Gasteiger partial charge >= 0.3 is 0 Å². The molecular formula is C20H30N2O3. The van der Waals surface area contributed by atoms with Gasteiger partial charge in [-0.3, -0.25) is 9.69 Å². The van der Waals surface area contributed by atoms with Gasteiger partial charge in [-0.2, -0.15) is 0 Å².